The first kappa shape index (κ1) is 20.7. The Kier molecular flexibility index (Phi) is 5.08. The number of halogens is 1. The van der Waals surface area contributed by atoms with Gasteiger partial charge in [0.25, 0.3) is 5.91 Å². The van der Waals surface area contributed by atoms with Crippen molar-refractivity contribution < 1.29 is 18.7 Å². The molecule has 0 spiro atoms. The van der Waals surface area contributed by atoms with Gasteiger partial charge in [-0.2, -0.15) is 5.12 Å². The maximum absolute atomic E-state index is 13.4. The molecule has 162 valence electrons. The summed E-state index contributed by atoms with van der Waals surface area (Å²) < 4.78 is 18.7. The molecule has 2 aliphatic rings. The number of anilines is 2. The van der Waals surface area contributed by atoms with E-state index in [1.54, 1.807) is 30.9 Å². The van der Waals surface area contributed by atoms with Crippen LogP contribution in [0.5, 0.6) is 0 Å². The van der Waals surface area contributed by atoms with E-state index in [1.165, 1.54) is 19.1 Å². The first-order chi connectivity index (χ1) is 14.6. The van der Waals surface area contributed by atoms with Crippen molar-refractivity contribution in [1.29, 1.82) is 0 Å². The van der Waals surface area contributed by atoms with E-state index in [0.29, 0.717) is 18.7 Å². The fourth-order valence-corrected chi connectivity index (χ4v) is 4.03. The fraction of sp³-hybridized carbons (Fsp3) is 0.304. The van der Waals surface area contributed by atoms with Gasteiger partial charge in [-0.1, -0.05) is 0 Å². The number of fused-ring (bicyclic) bond motifs is 1. The molecule has 8 heteroatoms. The SMILES string of the molecule is CC(=O)OC(C)(C)CN1Cc2cc(N3NC=C(C)N3c3ccc(F)cc3)ccc2C1=O. The number of carbonyl (C=O) groups excluding carboxylic acids is 2. The Morgan fingerprint density at radius 3 is 2.52 bits per heavy atom. The minimum atomic E-state index is -0.775. The van der Waals surface area contributed by atoms with E-state index < -0.39 is 5.60 Å². The molecule has 0 bridgehead atoms. The molecule has 4 rings (SSSR count). The zero-order valence-electron chi connectivity index (χ0n) is 18.0. The molecule has 2 heterocycles. The zero-order chi connectivity index (χ0) is 22.3. The second-order valence-electron chi connectivity index (χ2n) is 8.37. The van der Waals surface area contributed by atoms with Crippen molar-refractivity contribution in [2.75, 3.05) is 16.7 Å². The highest BCUT2D eigenvalue weighted by atomic mass is 19.1. The van der Waals surface area contributed by atoms with Crippen LogP contribution in [0.15, 0.2) is 54.4 Å². The Bertz CT molecular complexity index is 1060. The molecule has 0 radical (unpaired) electrons. The van der Waals surface area contributed by atoms with Crippen LogP contribution in [0.2, 0.25) is 0 Å². The fourth-order valence-electron chi connectivity index (χ4n) is 4.03. The molecule has 0 aliphatic carbocycles. The minimum absolute atomic E-state index is 0.0825. The van der Waals surface area contributed by atoms with E-state index in [4.69, 9.17) is 4.74 Å². The second kappa shape index (κ2) is 7.61. The average Bonchev–Trinajstić information content (AvgIpc) is 3.21. The van der Waals surface area contributed by atoms with Crippen LogP contribution in [0.4, 0.5) is 15.8 Å². The van der Waals surface area contributed by atoms with Crippen LogP contribution < -0.4 is 15.6 Å². The summed E-state index contributed by atoms with van der Waals surface area (Å²) in [4.78, 5) is 25.9. The summed E-state index contributed by atoms with van der Waals surface area (Å²) in [6, 6.07) is 11.9. The molecule has 1 amide bonds. The molecular formula is C23H25FN4O3. The highest BCUT2D eigenvalue weighted by Crippen LogP contribution is 2.33. The number of nitrogens with one attached hydrogen (secondary N) is 1. The molecule has 1 N–H and O–H groups in total. The molecule has 31 heavy (non-hydrogen) atoms. The first-order valence-corrected chi connectivity index (χ1v) is 10.0. The molecule has 2 aliphatic heterocycles. The number of ether oxygens (including phenoxy) is 1. The largest absolute Gasteiger partial charge is 0.458 e. The zero-order valence-corrected chi connectivity index (χ0v) is 18.0. The summed E-state index contributed by atoms with van der Waals surface area (Å²) in [5.74, 6) is -0.752. The molecule has 7 nitrogen and oxygen atoms in total. The number of hydrazine groups is 2. The van der Waals surface area contributed by atoms with E-state index in [1.807, 2.05) is 41.4 Å². The predicted octanol–water partition coefficient (Wildman–Crippen LogP) is 3.73. The molecule has 0 atom stereocenters. The van der Waals surface area contributed by atoms with Gasteiger partial charge < -0.3 is 9.64 Å². The van der Waals surface area contributed by atoms with Crippen LogP contribution in [0.1, 0.15) is 43.6 Å². The van der Waals surface area contributed by atoms with E-state index in [-0.39, 0.29) is 17.7 Å². The average molecular weight is 424 g/mol. The van der Waals surface area contributed by atoms with Gasteiger partial charge >= 0.3 is 5.97 Å². The van der Waals surface area contributed by atoms with E-state index >= 15 is 0 Å². The van der Waals surface area contributed by atoms with Crippen molar-refractivity contribution in [2.24, 2.45) is 0 Å². The van der Waals surface area contributed by atoms with Crippen LogP contribution in [0.25, 0.3) is 0 Å². The highest BCUT2D eigenvalue weighted by Gasteiger charge is 2.34. The quantitative estimate of drug-likeness (QED) is 0.738. The van der Waals surface area contributed by atoms with Gasteiger partial charge in [-0.3, -0.25) is 15.0 Å². The standard InChI is InChI=1S/C23H25FN4O3/c1-15-12-25-28(27(15)19-7-5-18(24)6-8-19)20-9-10-21-17(11-20)13-26(22(21)30)14-23(3,4)31-16(2)29/h5-12,25H,13-14H2,1-4H3. The van der Waals surface area contributed by atoms with Gasteiger partial charge in [0, 0.05) is 25.2 Å². The summed E-state index contributed by atoms with van der Waals surface area (Å²) in [6.45, 7) is 7.63. The molecule has 0 saturated heterocycles. The summed E-state index contributed by atoms with van der Waals surface area (Å²) in [7, 11) is 0. The Labute approximate surface area is 180 Å². The van der Waals surface area contributed by atoms with E-state index in [0.717, 1.165) is 22.6 Å². The van der Waals surface area contributed by atoms with Gasteiger partial charge in [-0.05, 0) is 68.8 Å². The minimum Gasteiger partial charge on any atom is -0.458 e. The van der Waals surface area contributed by atoms with Crippen LogP contribution in [0, 0.1) is 5.82 Å². The van der Waals surface area contributed by atoms with E-state index in [2.05, 4.69) is 5.43 Å². The summed E-state index contributed by atoms with van der Waals surface area (Å²) >= 11 is 0. The van der Waals surface area contributed by atoms with Gasteiger partial charge in [-0.25, -0.2) is 9.40 Å². The third kappa shape index (κ3) is 4.05. The molecule has 0 unspecified atom stereocenters. The van der Waals surface area contributed by atoms with Crippen molar-refractivity contribution >= 4 is 23.3 Å². The summed E-state index contributed by atoms with van der Waals surface area (Å²) in [5, 5.41) is 3.78. The maximum Gasteiger partial charge on any atom is 0.303 e. The lowest BCUT2D eigenvalue weighted by Gasteiger charge is -2.32. The Balaban J connectivity index is 1.57. The third-order valence-electron chi connectivity index (χ3n) is 5.20. The topological polar surface area (TPSA) is 65.1 Å². The second-order valence-corrected chi connectivity index (χ2v) is 8.37. The third-order valence-corrected chi connectivity index (χ3v) is 5.20. The van der Waals surface area contributed by atoms with Crippen molar-refractivity contribution in [3.63, 3.8) is 0 Å². The van der Waals surface area contributed by atoms with Gasteiger partial charge in [0.05, 0.1) is 23.6 Å². The lowest BCUT2D eigenvalue weighted by atomic mass is 10.1. The lowest BCUT2D eigenvalue weighted by molar-refractivity contribution is -0.154. The number of hydrogen-bond acceptors (Lipinski definition) is 6. The van der Waals surface area contributed by atoms with Crippen molar-refractivity contribution in [3.05, 3.63) is 71.3 Å². The normalized spacial score (nSPS) is 15.7. The van der Waals surface area contributed by atoms with E-state index in [9.17, 15) is 14.0 Å². The number of allylic oxidation sites excluding steroid dienone is 1. The van der Waals surface area contributed by atoms with Gasteiger partial charge in [0.1, 0.15) is 11.4 Å². The van der Waals surface area contributed by atoms with Crippen LogP contribution in [0.3, 0.4) is 0 Å². The molecule has 0 saturated carbocycles. The lowest BCUT2D eigenvalue weighted by Crippen LogP contribution is -2.43. The number of hydrogen-bond donors (Lipinski definition) is 1. The van der Waals surface area contributed by atoms with Crippen molar-refractivity contribution in [1.82, 2.24) is 10.3 Å². The summed E-state index contributed by atoms with van der Waals surface area (Å²) in [5.41, 5.74) is 6.55. The van der Waals surface area contributed by atoms with Crippen LogP contribution in [-0.2, 0) is 16.1 Å². The number of amides is 1. The van der Waals surface area contributed by atoms with Gasteiger partial charge in [-0.15, -0.1) is 0 Å². The Morgan fingerprint density at radius 1 is 1.16 bits per heavy atom. The number of nitrogens with zero attached hydrogens (tertiary/aromatic N) is 3. The molecule has 2 aromatic carbocycles. The summed E-state index contributed by atoms with van der Waals surface area (Å²) in [6.07, 6.45) is 1.86. The number of esters is 1. The highest BCUT2D eigenvalue weighted by molar-refractivity contribution is 5.99. The predicted molar refractivity (Wildman–Crippen MR) is 115 cm³/mol. The van der Waals surface area contributed by atoms with Crippen LogP contribution in [-0.4, -0.2) is 28.9 Å². The Hall–Kier alpha value is -3.55. The molecule has 2 aromatic rings. The monoisotopic (exact) mass is 424 g/mol. The van der Waals surface area contributed by atoms with Gasteiger partial charge in [0.15, 0.2) is 0 Å². The van der Waals surface area contributed by atoms with Crippen LogP contribution >= 0.6 is 0 Å². The smallest absolute Gasteiger partial charge is 0.303 e. The van der Waals surface area contributed by atoms with Gasteiger partial charge in [0.2, 0.25) is 0 Å². The van der Waals surface area contributed by atoms with Crippen molar-refractivity contribution in [2.45, 2.75) is 39.8 Å². The molecular weight excluding hydrogens is 399 g/mol. The maximum atomic E-state index is 13.4. The molecule has 0 aromatic heterocycles. The Morgan fingerprint density at radius 2 is 1.84 bits per heavy atom. The first-order valence-electron chi connectivity index (χ1n) is 10.0. The van der Waals surface area contributed by atoms with Crippen molar-refractivity contribution in [3.8, 4) is 0 Å². The number of rotatable bonds is 5. The molecule has 0 fully saturated rings. The number of benzene rings is 2. The number of carbonyl (C=O) groups is 2.